The van der Waals surface area contributed by atoms with Crippen LogP contribution in [0.2, 0.25) is 0 Å². The van der Waals surface area contributed by atoms with Gasteiger partial charge in [-0.1, -0.05) is 61.7 Å². The third-order valence-corrected chi connectivity index (χ3v) is 7.66. The first-order valence-corrected chi connectivity index (χ1v) is 12.1. The molecule has 2 aliphatic rings. The van der Waals surface area contributed by atoms with Gasteiger partial charge in [0.1, 0.15) is 5.00 Å². The predicted molar refractivity (Wildman–Crippen MR) is 127 cm³/mol. The Morgan fingerprint density at radius 2 is 1.77 bits per heavy atom. The first kappa shape index (κ1) is 19.5. The maximum Gasteiger partial charge on any atom is 0.254 e. The first-order chi connectivity index (χ1) is 14.8. The van der Waals surface area contributed by atoms with E-state index in [1.165, 1.54) is 53.3 Å². The summed E-state index contributed by atoms with van der Waals surface area (Å²) in [5.41, 5.74) is 3.19. The Kier molecular flexibility index (Phi) is 5.67. The van der Waals surface area contributed by atoms with E-state index in [2.05, 4.69) is 47.8 Å². The van der Waals surface area contributed by atoms with Crippen LogP contribution >= 0.6 is 11.3 Å². The van der Waals surface area contributed by atoms with Crippen LogP contribution in [0.25, 0.3) is 10.8 Å². The van der Waals surface area contributed by atoms with Crippen LogP contribution in [0.3, 0.4) is 0 Å². The lowest BCUT2D eigenvalue weighted by molar-refractivity contribution is 0.0927. The number of benzene rings is 2. The molecular formula is C26H28N2OS. The number of aliphatic imine (C=N–C) groups is 1. The first-order valence-electron chi connectivity index (χ1n) is 11.3. The van der Waals surface area contributed by atoms with Crippen LogP contribution in [0.1, 0.15) is 71.3 Å². The van der Waals surface area contributed by atoms with Crippen LogP contribution in [0.15, 0.2) is 47.5 Å². The second-order valence-corrected chi connectivity index (χ2v) is 9.61. The summed E-state index contributed by atoms with van der Waals surface area (Å²) in [6.45, 7) is 0. The largest absolute Gasteiger partial charge is 0.349 e. The molecule has 4 heteroatoms. The van der Waals surface area contributed by atoms with Crippen molar-refractivity contribution in [1.82, 2.24) is 5.32 Å². The van der Waals surface area contributed by atoms with Crippen molar-refractivity contribution >= 4 is 39.2 Å². The van der Waals surface area contributed by atoms with Gasteiger partial charge in [0, 0.05) is 22.7 Å². The summed E-state index contributed by atoms with van der Waals surface area (Å²) in [4.78, 5) is 19.6. The molecule has 1 heterocycles. The molecule has 0 atom stereocenters. The van der Waals surface area contributed by atoms with Crippen LogP contribution in [0, 0.1) is 0 Å². The predicted octanol–water partition coefficient (Wildman–Crippen LogP) is 6.59. The Bertz CT molecular complexity index is 1090. The molecule has 1 N–H and O–H groups in total. The summed E-state index contributed by atoms with van der Waals surface area (Å²) in [7, 11) is 0. The lowest BCUT2D eigenvalue weighted by Crippen LogP contribution is -2.36. The average molecular weight is 417 g/mol. The molecule has 1 aromatic heterocycles. The van der Waals surface area contributed by atoms with Gasteiger partial charge < -0.3 is 5.32 Å². The molecule has 5 rings (SSSR count). The van der Waals surface area contributed by atoms with Crippen LogP contribution in [0.4, 0.5) is 5.00 Å². The third-order valence-electron chi connectivity index (χ3n) is 6.46. The lowest BCUT2D eigenvalue weighted by atomic mass is 9.93. The zero-order chi connectivity index (χ0) is 20.3. The molecule has 0 radical (unpaired) electrons. The number of thiophene rings is 1. The van der Waals surface area contributed by atoms with Gasteiger partial charge in [-0.2, -0.15) is 0 Å². The Morgan fingerprint density at radius 1 is 0.967 bits per heavy atom. The molecule has 0 spiro atoms. The van der Waals surface area contributed by atoms with E-state index >= 15 is 0 Å². The van der Waals surface area contributed by atoms with Crippen molar-refractivity contribution < 1.29 is 4.79 Å². The minimum Gasteiger partial charge on any atom is -0.349 e. The second-order valence-electron chi connectivity index (χ2n) is 8.53. The van der Waals surface area contributed by atoms with Crippen LogP contribution in [-0.4, -0.2) is 18.2 Å². The molecule has 1 fully saturated rings. The quantitative estimate of drug-likeness (QED) is 0.479. The molecule has 1 amide bonds. The number of nitrogens with one attached hydrogen (secondary N) is 1. The summed E-state index contributed by atoms with van der Waals surface area (Å²) in [5.74, 6) is 0.0892. The number of hydrogen-bond donors (Lipinski definition) is 1. The summed E-state index contributed by atoms with van der Waals surface area (Å²) in [6, 6.07) is 15.0. The number of nitrogens with zero attached hydrogens (tertiary/aromatic N) is 1. The highest BCUT2D eigenvalue weighted by atomic mass is 32.1. The topological polar surface area (TPSA) is 41.5 Å². The molecule has 0 saturated heterocycles. The minimum absolute atomic E-state index is 0.0892. The van der Waals surface area contributed by atoms with Gasteiger partial charge >= 0.3 is 0 Å². The van der Waals surface area contributed by atoms with Crippen molar-refractivity contribution in [3.05, 3.63) is 64.0 Å². The highest BCUT2D eigenvalue weighted by Crippen LogP contribution is 2.40. The Labute approximate surface area is 182 Å². The Balaban J connectivity index is 1.49. The molecule has 2 aliphatic carbocycles. The summed E-state index contributed by atoms with van der Waals surface area (Å²) >= 11 is 1.72. The number of carbonyl (C=O) groups is 1. The summed E-state index contributed by atoms with van der Waals surface area (Å²) in [6.07, 6.45) is 12.3. The van der Waals surface area contributed by atoms with Gasteiger partial charge in [-0.15, -0.1) is 11.3 Å². The lowest BCUT2D eigenvalue weighted by Gasteiger charge is -2.23. The summed E-state index contributed by atoms with van der Waals surface area (Å²) < 4.78 is 0. The van der Waals surface area contributed by atoms with E-state index in [9.17, 15) is 4.79 Å². The maximum atomic E-state index is 13.3. The number of fused-ring (bicyclic) bond motifs is 2. The van der Waals surface area contributed by atoms with Gasteiger partial charge in [-0.3, -0.25) is 4.79 Å². The minimum atomic E-state index is 0.0892. The number of rotatable bonds is 4. The van der Waals surface area contributed by atoms with Gasteiger partial charge in [0.25, 0.3) is 5.91 Å². The van der Waals surface area contributed by atoms with E-state index in [0.29, 0.717) is 6.04 Å². The molecular weight excluding hydrogens is 388 g/mol. The molecule has 154 valence electrons. The van der Waals surface area contributed by atoms with Crippen molar-refractivity contribution in [3.8, 4) is 0 Å². The van der Waals surface area contributed by atoms with Crippen LogP contribution in [0.5, 0.6) is 0 Å². The number of carbonyl (C=O) groups excluding carboxylic acids is 1. The molecule has 30 heavy (non-hydrogen) atoms. The van der Waals surface area contributed by atoms with Crippen molar-refractivity contribution in [2.45, 2.75) is 63.8 Å². The van der Waals surface area contributed by atoms with Crippen molar-refractivity contribution in [2.75, 3.05) is 0 Å². The van der Waals surface area contributed by atoms with Crippen molar-refractivity contribution in [3.63, 3.8) is 0 Å². The van der Waals surface area contributed by atoms with Gasteiger partial charge in [-0.05, 0) is 54.9 Å². The van der Waals surface area contributed by atoms with Gasteiger partial charge in [0.2, 0.25) is 0 Å². The molecule has 0 bridgehead atoms. The highest BCUT2D eigenvalue weighted by molar-refractivity contribution is 7.16. The fourth-order valence-electron chi connectivity index (χ4n) is 4.87. The zero-order valence-electron chi connectivity index (χ0n) is 17.3. The number of amides is 1. The van der Waals surface area contributed by atoms with Gasteiger partial charge in [0.15, 0.2) is 0 Å². The monoisotopic (exact) mass is 416 g/mol. The molecule has 3 aromatic rings. The number of aryl methyl sites for hydroxylation is 1. The summed E-state index contributed by atoms with van der Waals surface area (Å²) in [5, 5.41) is 6.61. The number of hydrogen-bond acceptors (Lipinski definition) is 3. The SMILES string of the molecule is O=C(NC1CCCCC1)c1c(N=Cc2cccc3ccccc23)sc2c1CCCC2. The van der Waals surface area contributed by atoms with Gasteiger partial charge in [-0.25, -0.2) is 4.99 Å². The molecule has 3 nitrogen and oxygen atoms in total. The average Bonchev–Trinajstić information content (AvgIpc) is 3.17. The Hall–Kier alpha value is -2.46. The fraction of sp³-hybridized carbons (Fsp3) is 0.385. The van der Waals surface area contributed by atoms with Crippen molar-refractivity contribution in [2.24, 2.45) is 4.99 Å². The Morgan fingerprint density at radius 3 is 2.67 bits per heavy atom. The maximum absolute atomic E-state index is 13.3. The standard InChI is InChI=1S/C26H28N2OS/c29-25(28-20-12-2-1-3-13-20)24-22-15-6-7-16-23(22)30-26(24)27-17-19-11-8-10-18-9-4-5-14-21(18)19/h4-5,8-11,14,17,20H,1-3,6-7,12-13,15-16H2,(H,28,29). The van der Waals surface area contributed by atoms with Crippen molar-refractivity contribution in [1.29, 1.82) is 0 Å². The van der Waals surface area contributed by atoms with Crippen LogP contribution in [-0.2, 0) is 12.8 Å². The van der Waals surface area contributed by atoms with E-state index in [1.807, 2.05) is 6.21 Å². The van der Waals surface area contributed by atoms with E-state index in [1.54, 1.807) is 11.3 Å². The molecule has 0 aliphatic heterocycles. The second kappa shape index (κ2) is 8.73. The zero-order valence-corrected chi connectivity index (χ0v) is 18.1. The molecule has 0 unspecified atom stereocenters. The van der Waals surface area contributed by atoms with Gasteiger partial charge in [0.05, 0.1) is 5.56 Å². The normalized spacial score (nSPS) is 17.3. The smallest absolute Gasteiger partial charge is 0.254 e. The molecule has 1 saturated carbocycles. The van der Waals surface area contributed by atoms with Crippen LogP contribution < -0.4 is 5.32 Å². The highest BCUT2D eigenvalue weighted by Gasteiger charge is 2.27. The van der Waals surface area contributed by atoms with E-state index < -0.39 is 0 Å². The molecule has 2 aromatic carbocycles. The fourth-order valence-corrected chi connectivity index (χ4v) is 6.10. The van der Waals surface area contributed by atoms with E-state index in [-0.39, 0.29) is 5.91 Å². The van der Waals surface area contributed by atoms with E-state index in [0.717, 1.165) is 41.8 Å². The van der Waals surface area contributed by atoms with E-state index in [4.69, 9.17) is 4.99 Å². The third kappa shape index (κ3) is 3.93.